The van der Waals surface area contributed by atoms with Crippen molar-refractivity contribution in [2.45, 2.75) is 36.5 Å². The van der Waals surface area contributed by atoms with Crippen LogP contribution in [0.1, 0.15) is 42.7 Å². The number of fused-ring (bicyclic) bond motifs is 5. The molecule has 3 atom stereocenters. The molecule has 0 heterocycles. The van der Waals surface area contributed by atoms with E-state index in [-0.39, 0.29) is 16.7 Å². The van der Waals surface area contributed by atoms with Gasteiger partial charge in [0.25, 0.3) is 0 Å². The Bertz CT molecular complexity index is 511. The predicted octanol–water partition coefficient (Wildman–Crippen LogP) is 4.23. The zero-order valence-electron chi connectivity index (χ0n) is 11.6. The van der Waals surface area contributed by atoms with E-state index in [4.69, 9.17) is 21.1 Å². The fraction of sp³-hybridized carbons (Fsp3) is 0.500. The molecule has 1 unspecified atom stereocenters. The monoisotopic (exact) mass is 278 g/mol. The highest BCUT2D eigenvalue weighted by atomic mass is 35.5. The minimum Gasteiger partial charge on any atom is -0.496 e. The van der Waals surface area contributed by atoms with E-state index in [1.807, 2.05) is 19.1 Å². The minimum absolute atomic E-state index is 0.289. The van der Waals surface area contributed by atoms with Crippen LogP contribution in [0.2, 0.25) is 0 Å². The number of methoxy groups -OCH3 is 2. The second-order valence-corrected chi connectivity index (χ2v) is 6.15. The standard InChI is InChI=1S/C16H19ClO2/c1-9(2)16(17)10-5-6-11(16)15-13(19-4)8-7-12(18-3)14(10)15/h7-8,10-11H,1,5-6H2,2-4H3/t10-,11+,16?. The molecule has 2 nitrogen and oxygen atoms in total. The van der Waals surface area contributed by atoms with E-state index in [2.05, 4.69) is 6.58 Å². The third-order valence-corrected chi connectivity index (χ3v) is 5.61. The fourth-order valence-electron chi connectivity index (χ4n) is 3.97. The first-order valence-electron chi connectivity index (χ1n) is 6.65. The molecular formula is C16H19ClO2. The molecule has 0 aromatic heterocycles. The molecule has 0 N–H and O–H groups in total. The third kappa shape index (κ3) is 1.44. The van der Waals surface area contributed by atoms with Crippen LogP contribution in [0.3, 0.4) is 0 Å². The van der Waals surface area contributed by atoms with Crippen molar-refractivity contribution in [3.63, 3.8) is 0 Å². The molecule has 0 amide bonds. The van der Waals surface area contributed by atoms with Crippen molar-refractivity contribution in [1.82, 2.24) is 0 Å². The van der Waals surface area contributed by atoms with Crippen molar-refractivity contribution in [3.05, 3.63) is 35.4 Å². The summed E-state index contributed by atoms with van der Waals surface area (Å²) in [5.41, 5.74) is 3.51. The Kier molecular flexibility index (Phi) is 2.82. The number of hydrogen-bond donors (Lipinski definition) is 0. The molecule has 19 heavy (non-hydrogen) atoms. The van der Waals surface area contributed by atoms with Crippen LogP contribution in [0.15, 0.2) is 24.3 Å². The normalized spacial score (nSPS) is 31.2. The van der Waals surface area contributed by atoms with Crippen molar-refractivity contribution >= 4 is 11.6 Å². The summed E-state index contributed by atoms with van der Waals surface area (Å²) in [7, 11) is 3.43. The van der Waals surface area contributed by atoms with Crippen molar-refractivity contribution in [2.24, 2.45) is 0 Å². The lowest BCUT2D eigenvalue weighted by molar-refractivity contribution is 0.391. The maximum absolute atomic E-state index is 6.98. The highest BCUT2D eigenvalue weighted by Crippen LogP contribution is 2.68. The molecule has 0 saturated heterocycles. The summed E-state index contributed by atoms with van der Waals surface area (Å²) in [4.78, 5) is -0.371. The molecule has 0 spiro atoms. The summed E-state index contributed by atoms with van der Waals surface area (Å²) in [6.07, 6.45) is 2.19. The van der Waals surface area contributed by atoms with E-state index in [0.717, 1.165) is 29.9 Å². The van der Waals surface area contributed by atoms with Gasteiger partial charge in [0.15, 0.2) is 0 Å². The lowest BCUT2D eigenvalue weighted by Crippen LogP contribution is -2.26. The summed E-state index contributed by atoms with van der Waals surface area (Å²) >= 11 is 6.98. The number of hydrogen-bond acceptors (Lipinski definition) is 2. The van der Waals surface area contributed by atoms with Crippen LogP contribution in [0.4, 0.5) is 0 Å². The van der Waals surface area contributed by atoms with Gasteiger partial charge in [0.05, 0.1) is 19.1 Å². The van der Waals surface area contributed by atoms with Gasteiger partial charge >= 0.3 is 0 Å². The van der Waals surface area contributed by atoms with Gasteiger partial charge in [-0.15, -0.1) is 11.6 Å². The van der Waals surface area contributed by atoms with Gasteiger partial charge < -0.3 is 9.47 Å². The van der Waals surface area contributed by atoms with Gasteiger partial charge in [-0.2, -0.15) is 0 Å². The van der Waals surface area contributed by atoms with Gasteiger partial charge in [-0.25, -0.2) is 0 Å². The summed E-state index contributed by atoms with van der Waals surface area (Å²) in [5.74, 6) is 2.43. The number of ether oxygens (including phenoxy) is 2. The second-order valence-electron chi connectivity index (χ2n) is 5.53. The molecule has 102 valence electrons. The molecule has 1 fully saturated rings. The Balaban J connectivity index is 2.26. The van der Waals surface area contributed by atoms with Crippen molar-refractivity contribution < 1.29 is 9.47 Å². The average molecular weight is 279 g/mol. The first kappa shape index (κ1) is 12.9. The van der Waals surface area contributed by atoms with E-state index >= 15 is 0 Å². The Labute approximate surface area is 119 Å². The van der Waals surface area contributed by atoms with Crippen LogP contribution in [0.5, 0.6) is 11.5 Å². The average Bonchev–Trinajstić information content (AvgIpc) is 2.88. The van der Waals surface area contributed by atoms with Crippen LogP contribution in [0.25, 0.3) is 0 Å². The Morgan fingerprint density at radius 2 is 1.58 bits per heavy atom. The number of benzene rings is 1. The van der Waals surface area contributed by atoms with Gasteiger partial charge in [0, 0.05) is 23.0 Å². The van der Waals surface area contributed by atoms with E-state index in [9.17, 15) is 0 Å². The van der Waals surface area contributed by atoms with E-state index < -0.39 is 0 Å². The van der Waals surface area contributed by atoms with Crippen LogP contribution in [0, 0.1) is 0 Å². The largest absolute Gasteiger partial charge is 0.496 e. The Morgan fingerprint density at radius 3 is 1.89 bits per heavy atom. The number of halogens is 1. The lowest BCUT2D eigenvalue weighted by atomic mass is 9.88. The van der Waals surface area contributed by atoms with Gasteiger partial charge in [-0.1, -0.05) is 12.2 Å². The smallest absolute Gasteiger partial charge is 0.122 e. The zero-order valence-corrected chi connectivity index (χ0v) is 12.4. The van der Waals surface area contributed by atoms with Crippen LogP contribution < -0.4 is 9.47 Å². The summed E-state index contributed by atoms with van der Waals surface area (Å²) in [6.45, 7) is 6.16. The van der Waals surface area contributed by atoms with Crippen molar-refractivity contribution in [2.75, 3.05) is 14.2 Å². The zero-order chi connectivity index (χ0) is 13.8. The highest BCUT2D eigenvalue weighted by Gasteiger charge is 2.59. The fourth-order valence-corrected chi connectivity index (χ4v) is 4.41. The van der Waals surface area contributed by atoms with Crippen molar-refractivity contribution in [3.8, 4) is 11.5 Å². The first-order valence-corrected chi connectivity index (χ1v) is 7.03. The predicted molar refractivity (Wildman–Crippen MR) is 77.7 cm³/mol. The number of alkyl halides is 1. The van der Waals surface area contributed by atoms with E-state index in [0.29, 0.717) is 0 Å². The van der Waals surface area contributed by atoms with E-state index in [1.54, 1.807) is 14.2 Å². The maximum Gasteiger partial charge on any atom is 0.122 e. The number of allylic oxidation sites excluding steroid dienone is 1. The van der Waals surface area contributed by atoms with Gasteiger partial charge in [0.2, 0.25) is 0 Å². The number of rotatable bonds is 3. The quantitative estimate of drug-likeness (QED) is 0.608. The topological polar surface area (TPSA) is 18.5 Å². The molecular weight excluding hydrogens is 260 g/mol. The Morgan fingerprint density at radius 1 is 1.16 bits per heavy atom. The molecule has 1 aromatic rings. The van der Waals surface area contributed by atoms with Crippen LogP contribution in [-0.4, -0.2) is 19.1 Å². The third-order valence-electron chi connectivity index (χ3n) is 4.76. The van der Waals surface area contributed by atoms with Crippen LogP contribution >= 0.6 is 11.6 Å². The molecule has 0 radical (unpaired) electrons. The van der Waals surface area contributed by atoms with Gasteiger partial charge in [-0.3, -0.25) is 0 Å². The molecule has 2 aliphatic rings. The molecule has 3 heteroatoms. The van der Waals surface area contributed by atoms with Gasteiger partial charge in [-0.05, 0) is 31.9 Å². The van der Waals surface area contributed by atoms with Crippen molar-refractivity contribution in [1.29, 1.82) is 0 Å². The summed E-state index contributed by atoms with van der Waals surface area (Å²) < 4.78 is 11.1. The summed E-state index contributed by atoms with van der Waals surface area (Å²) in [5, 5.41) is 0. The summed E-state index contributed by atoms with van der Waals surface area (Å²) in [6, 6.07) is 3.96. The van der Waals surface area contributed by atoms with Crippen LogP contribution in [-0.2, 0) is 0 Å². The Hall–Kier alpha value is -1.15. The first-order chi connectivity index (χ1) is 9.05. The highest BCUT2D eigenvalue weighted by molar-refractivity contribution is 6.28. The molecule has 1 aromatic carbocycles. The molecule has 0 aliphatic heterocycles. The SMILES string of the molecule is C=C(C)C1(Cl)[C@@H]2CC[C@H]1c1c(OC)ccc(OC)c12. The minimum atomic E-state index is -0.371. The maximum atomic E-state index is 6.98. The molecule has 2 aliphatic carbocycles. The lowest BCUT2D eigenvalue weighted by Gasteiger charge is -2.28. The molecule has 3 rings (SSSR count). The van der Waals surface area contributed by atoms with E-state index in [1.165, 1.54) is 11.1 Å². The second kappa shape index (κ2) is 4.17. The van der Waals surface area contributed by atoms with Gasteiger partial charge in [0.1, 0.15) is 11.5 Å². The molecule has 1 saturated carbocycles. The molecule has 2 bridgehead atoms.